The van der Waals surface area contributed by atoms with Crippen LogP contribution in [-0.4, -0.2) is 34.3 Å². The van der Waals surface area contributed by atoms with E-state index in [-0.39, 0.29) is 6.61 Å². The Morgan fingerprint density at radius 2 is 2.06 bits per heavy atom. The molecule has 1 aliphatic rings. The highest BCUT2D eigenvalue weighted by molar-refractivity contribution is 6.31. The number of halogens is 1. The van der Waals surface area contributed by atoms with Gasteiger partial charge in [0.25, 0.3) is 0 Å². The van der Waals surface area contributed by atoms with Gasteiger partial charge < -0.3 is 10.0 Å². The molecule has 1 atom stereocenters. The molecule has 1 N–H and O–H groups in total. The standard InChI is InChI=1S/C13H20ClN3O/c1-9-10(2)16-13(12(14)15-9)17-7-3-5-11(17)6-4-8-18/h11,18H,3-8H2,1-2H3. The number of hydrogen-bond donors (Lipinski definition) is 1. The summed E-state index contributed by atoms with van der Waals surface area (Å²) in [7, 11) is 0. The summed E-state index contributed by atoms with van der Waals surface area (Å²) in [4.78, 5) is 11.2. The molecule has 2 heterocycles. The van der Waals surface area contributed by atoms with Gasteiger partial charge in [0.1, 0.15) is 0 Å². The van der Waals surface area contributed by atoms with Crippen molar-refractivity contribution in [3.63, 3.8) is 0 Å². The second-order valence-electron chi connectivity index (χ2n) is 4.86. The topological polar surface area (TPSA) is 49.2 Å². The summed E-state index contributed by atoms with van der Waals surface area (Å²) in [5.41, 5.74) is 1.82. The predicted molar refractivity (Wildman–Crippen MR) is 73.2 cm³/mol. The van der Waals surface area contributed by atoms with Gasteiger partial charge in [-0.3, -0.25) is 0 Å². The zero-order valence-corrected chi connectivity index (χ0v) is 11.7. The summed E-state index contributed by atoms with van der Waals surface area (Å²) in [6.07, 6.45) is 4.12. The molecule has 0 saturated carbocycles. The quantitative estimate of drug-likeness (QED) is 0.912. The molecule has 1 saturated heterocycles. The normalized spacial score (nSPS) is 19.6. The average molecular weight is 270 g/mol. The van der Waals surface area contributed by atoms with Gasteiger partial charge in [-0.05, 0) is 39.5 Å². The van der Waals surface area contributed by atoms with E-state index in [4.69, 9.17) is 16.7 Å². The van der Waals surface area contributed by atoms with Crippen LogP contribution in [0.3, 0.4) is 0 Å². The summed E-state index contributed by atoms with van der Waals surface area (Å²) in [6.45, 7) is 5.11. The largest absolute Gasteiger partial charge is 0.396 e. The van der Waals surface area contributed by atoms with Gasteiger partial charge in [0.2, 0.25) is 0 Å². The van der Waals surface area contributed by atoms with Gasteiger partial charge >= 0.3 is 0 Å². The average Bonchev–Trinajstić information content (AvgIpc) is 2.79. The molecule has 1 aromatic rings. The molecule has 1 unspecified atom stereocenters. The lowest BCUT2D eigenvalue weighted by molar-refractivity contribution is 0.279. The van der Waals surface area contributed by atoms with Gasteiger partial charge in [0, 0.05) is 19.2 Å². The number of anilines is 1. The van der Waals surface area contributed by atoms with Gasteiger partial charge in [-0.2, -0.15) is 0 Å². The van der Waals surface area contributed by atoms with Gasteiger partial charge in [0.15, 0.2) is 11.0 Å². The molecule has 2 rings (SSSR count). The van der Waals surface area contributed by atoms with E-state index >= 15 is 0 Å². The maximum absolute atomic E-state index is 8.95. The molecular formula is C13H20ClN3O. The van der Waals surface area contributed by atoms with Crippen LogP contribution in [0.15, 0.2) is 0 Å². The highest BCUT2D eigenvalue weighted by Gasteiger charge is 2.27. The van der Waals surface area contributed by atoms with Gasteiger partial charge in [-0.15, -0.1) is 0 Å². The van der Waals surface area contributed by atoms with Crippen molar-refractivity contribution in [3.05, 3.63) is 16.5 Å². The molecule has 0 radical (unpaired) electrons. The van der Waals surface area contributed by atoms with Crippen LogP contribution in [0.5, 0.6) is 0 Å². The Bertz CT molecular complexity index is 425. The molecule has 0 spiro atoms. The summed E-state index contributed by atoms with van der Waals surface area (Å²) >= 11 is 6.22. The number of rotatable bonds is 4. The van der Waals surface area contributed by atoms with Crippen molar-refractivity contribution < 1.29 is 5.11 Å². The fourth-order valence-electron chi connectivity index (χ4n) is 2.49. The lowest BCUT2D eigenvalue weighted by Crippen LogP contribution is -2.31. The Balaban J connectivity index is 2.21. The molecule has 18 heavy (non-hydrogen) atoms. The number of aliphatic hydroxyl groups excluding tert-OH is 1. The van der Waals surface area contributed by atoms with E-state index in [1.54, 1.807) is 0 Å². The number of nitrogens with zero attached hydrogens (tertiary/aromatic N) is 3. The first-order chi connectivity index (χ1) is 8.63. The Kier molecular flexibility index (Phi) is 4.40. The monoisotopic (exact) mass is 269 g/mol. The predicted octanol–water partition coefficient (Wildman–Crippen LogP) is 2.49. The van der Waals surface area contributed by atoms with Crippen molar-refractivity contribution >= 4 is 17.4 Å². The third-order valence-electron chi connectivity index (χ3n) is 3.59. The molecule has 0 bridgehead atoms. The molecule has 0 aliphatic carbocycles. The van der Waals surface area contributed by atoms with Gasteiger partial charge in [0.05, 0.1) is 11.4 Å². The number of hydrogen-bond acceptors (Lipinski definition) is 4. The van der Waals surface area contributed by atoms with Gasteiger partial charge in [-0.1, -0.05) is 11.6 Å². The third-order valence-corrected chi connectivity index (χ3v) is 3.85. The Morgan fingerprint density at radius 1 is 1.33 bits per heavy atom. The zero-order valence-electron chi connectivity index (χ0n) is 11.0. The SMILES string of the molecule is Cc1nc(Cl)c(N2CCCC2CCCO)nc1C. The number of aromatic nitrogens is 2. The summed E-state index contributed by atoms with van der Waals surface area (Å²) in [6, 6.07) is 0.436. The first-order valence-electron chi connectivity index (χ1n) is 6.51. The van der Waals surface area contributed by atoms with Gasteiger partial charge in [-0.25, -0.2) is 9.97 Å². The van der Waals surface area contributed by atoms with E-state index in [1.165, 1.54) is 0 Å². The summed E-state index contributed by atoms with van der Waals surface area (Å²) in [5, 5.41) is 9.44. The molecule has 4 nitrogen and oxygen atoms in total. The second-order valence-corrected chi connectivity index (χ2v) is 5.22. The fraction of sp³-hybridized carbons (Fsp3) is 0.692. The minimum absolute atomic E-state index is 0.247. The van der Waals surface area contributed by atoms with E-state index in [0.717, 1.165) is 49.4 Å². The van der Waals surface area contributed by atoms with Crippen molar-refractivity contribution in [1.29, 1.82) is 0 Å². The maximum atomic E-state index is 8.95. The van der Waals surface area contributed by atoms with E-state index in [0.29, 0.717) is 11.2 Å². The highest BCUT2D eigenvalue weighted by Crippen LogP contribution is 2.31. The van der Waals surface area contributed by atoms with E-state index < -0.39 is 0 Å². The minimum atomic E-state index is 0.247. The molecule has 0 aromatic carbocycles. The van der Waals surface area contributed by atoms with Crippen molar-refractivity contribution in [2.75, 3.05) is 18.1 Å². The first kappa shape index (κ1) is 13.6. The van der Waals surface area contributed by atoms with Crippen LogP contribution in [0, 0.1) is 13.8 Å². The molecule has 1 fully saturated rings. The van der Waals surface area contributed by atoms with Crippen molar-refractivity contribution in [2.45, 2.75) is 45.6 Å². The number of aliphatic hydroxyl groups is 1. The fourth-order valence-corrected chi connectivity index (χ4v) is 2.77. The van der Waals surface area contributed by atoms with Crippen molar-refractivity contribution in [3.8, 4) is 0 Å². The molecule has 0 amide bonds. The lowest BCUT2D eigenvalue weighted by atomic mass is 10.1. The lowest BCUT2D eigenvalue weighted by Gasteiger charge is -2.26. The zero-order chi connectivity index (χ0) is 13.1. The van der Waals surface area contributed by atoms with Crippen molar-refractivity contribution in [2.24, 2.45) is 0 Å². The Hall–Kier alpha value is -0.870. The minimum Gasteiger partial charge on any atom is -0.396 e. The molecule has 1 aromatic heterocycles. The maximum Gasteiger partial charge on any atom is 0.171 e. The van der Waals surface area contributed by atoms with Crippen LogP contribution in [0.2, 0.25) is 5.15 Å². The smallest absolute Gasteiger partial charge is 0.171 e. The van der Waals surface area contributed by atoms with Crippen LogP contribution in [0.25, 0.3) is 0 Å². The van der Waals surface area contributed by atoms with Crippen molar-refractivity contribution in [1.82, 2.24) is 9.97 Å². The van der Waals surface area contributed by atoms with Crippen LogP contribution in [0.1, 0.15) is 37.1 Å². The highest BCUT2D eigenvalue weighted by atomic mass is 35.5. The Morgan fingerprint density at radius 3 is 2.78 bits per heavy atom. The Labute approximate surface area is 113 Å². The van der Waals surface area contributed by atoms with E-state index in [2.05, 4.69) is 14.9 Å². The number of aryl methyl sites for hydroxylation is 2. The second kappa shape index (κ2) is 5.85. The third kappa shape index (κ3) is 2.75. The molecule has 1 aliphatic heterocycles. The molecule has 5 heteroatoms. The first-order valence-corrected chi connectivity index (χ1v) is 6.89. The van der Waals surface area contributed by atoms with E-state index in [1.807, 2.05) is 13.8 Å². The summed E-state index contributed by atoms with van der Waals surface area (Å²) in [5.74, 6) is 0.806. The van der Waals surface area contributed by atoms with Crippen LogP contribution >= 0.6 is 11.6 Å². The van der Waals surface area contributed by atoms with E-state index in [9.17, 15) is 0 Å². The molecular weight excluding hydrogens is 250 g/mol. The summed E-state index contributed by atoms with van der Waals surface area (Å²) < 4.78 is 0. The van der Waals surface area contributed by atoms with Crippen LogP contribution in [-0.2, 0) is 0 Å². The molecule has 100 valence electrons. The van der Waals surface area contributed by atoms with Crippen LogP contribution in [0.4, 0.5) is 5.82 Å². The van der Waals surface area contributed by atoms with Crippen LogP contribution < -0.4 is 4.90 Å².